The van der Waals surface area contributed by atoms with Gasteiger partial charge < -0.3 is 10.1 Å². The number of rotatable bonds is 4. The first kappa shape index (κ1) is 14.5. The standard InChI is InChI=1S/C17H17BrFNO/c1-20-16(9-11-4-2-3-5-15(11)19)14-10-13(18)8-12-6-7-21-17(12)14/h2-5,8,10,16,20H,6-7,9H2,1H3. The molecule has 1 unspecified atom stereocenters. The van der Waals surface area contributed by atoms with Crippen molar-refractivity contribution < 1.29 is 9.13 Å². The number of fused-ring (bicyclic) bond motifs is 1. The molecule has 1 aliphatic rings. The number of ether oxygens (including phenoxy) is 1. The summed E-state index contributed by atoms with van der Waals surface area (Å²) in [6, 6.07) is 11.1. The maximum absolute atomic E-state index is 13.9. The van der Waals surface area contributed by atoms with E-state index < -0.39 is 0 Å². The lowest BCUT2D eigenvalue weighted by Gasteiger charge is -2.20. The van der Waals surface area contributed by atoms with Crippen molar-refractivity contribution >= 4 is 15.9 Å². The second kappa shape index (κ2) is 6.16. The number of benzene rings is 2. The lowest BCUT2D eigenvalue weighted by atomic mass is 9.96. The van der Waals surface area contributed by atoms with Gasteiger partial charge in [-0.3, -0.25) is 0 Å². The highest BCUT2D eigenvalue weighted by molar-refractivity contribution is 9.10. The predicted molar refractivity (Wildman–Crippen MR) is 85.2 cm³/mol. The van der Waals surface area contributed by atoms with E-state index in [4.69, 9.17) is 4.74 Å². The Balaban J connectivity index is 1.96. The van der Waals surface area contributed by atoms with Gasteiger partial charge >= 0.3 is 0 Å². The molecule has 0 fully saturated rings. The van der Waals surface area contributed by atoms with E-state index in [2.05, 4.69) is 33.4 Å². The molecule has 0 aromatic heterocycles. The number of nitrogens with one attached hydrogen (secondary N) is 1. The van der Waals surface area contributed by atoms with Crippen LogP contribution in [-0.2, 0) is 12.8 Å². The first-order valence-electron chi connectivity index (χ1n) is 7.05. The van der Waals surface area contributed by atoms with Gasteiger partial charge in [0, 0.05) is 22.5 Å². The zero-order valence-electron chi connectivity index (χ0n) is 11.8. The second-order valence-corrected chi connectivity index (χ2v) is 6.13. The van der Waals surface area contributed by atoms with Gasteiger partial charge in [-0.25, -0.2) is 4.39 Å². The molecule has 1 atom stereocenters. The quantitative estimate of drug-likeness (QED) is 0.899. The van der Waals surface area contributed by atoms with Gasteiger partial charge in [-0.2, -0.15) is 0 Å². The Morgan fingerprint density at radius 3 is 2.90 bits per heavy atom. The van der Waals surface area contributed by atoms with E-state index in [1.54, 1.807) is 6.07 Å². The average molecular weight is 350 g/mol. The normalized spacial score (nSPS) is 14.6. The number of hydrogen-bond acceptors (Lipinski definition) is 2. The Morgan fingerprint density at radius 1 is 1.33 bits per heavy atom. The van der Waals surface area contributed by atoms with Crippen LogP contribution in [-0.4, -0.2) is 13.7 Å². The number of hydrogen-bond donors (Lipinski definition) is 1. The Hall–Kier alpha value is -1.39. The summed E-state index contributed by atoms with van der Waals surface area (Å²) in [5.74, 6) is 0.791. The fourth-order valence-electron chi connectivity index (χ4n) is 2.81. The van der Waals surface area contributed by atoms with E-state index in [0.717, 1.165) is 28.8 Å². The smallest absolute Gasteiger partial charge is 0.127 e. The van der Waals surface area contributed by atoms with Gasteiger partial charge in [0.1, 0.15) is 11.6 Å². The molecule has 3 rings (SSSR count). The van der Waals surface area contributed by atoms with Crippen LogP contribution in [0.3, 0.4) is 0 Å². The lowest BCUT2D eigenvalue weighted by Crippen LogP contribution is -2.20. The first-order valence-corrected chi connectivity index (χ1v) is 7.84. The zero-order chi connectivity index (χ0) is 14.8. The van der Waals surface area contributed by atoms with Crippen LogP contribution >= 0.6 is 15.9 Å². The van der Waals surface area contributed by atoms with Crippen LogP contribution in [0.25, 0.3) is 0 Å². The summed E-state index contributed by atoms with van der Waals surface area (Å²) in [5.41, 5.74) is 3.01. The highest BCUT2D eigenvalue weighted by atomic mass is 79.9. The topological polar surface area (TPSA) is 21.3 Å². The molecule has 0 amide bonds. The summed E-state index contributed by atoms with van der Waals surface area (Å²) in [4.78, 5) is 0. The monoisotopic (exact) mass is 349 g/mol. The molecule has 4 heteroatoms. The van der Waals surface area contributed by atoms with E-state index in [1.807, 2.05) is 19.2 Å². The maximum Gasteiger partial charge on any atom is 0.127 e. The summed E-state index contributed by atoms with van der Waals surface area (Å²) in [6.07, 6.45) is 1.52. The Labute approximate surface area is 132 Å². The average Bonchev–Trinajstić information content (AvgIpc) is 2.94. The summed E-state index contributed by atoms with van der Waals surface area (Å²) in [5, 5.41) is 3.28. The highest BCUT2D eigenvalue weighted by Crippen LogP contribution is 2.37. The van der Waals surface area contributed by atoms with Crippen molar-refractivity contribution in [3.05, 3.63) is 63.4 Å². The largest absolute Gasteiger partial charge is 0.493 e. The van der Waals surface area contributed by atoms with Gasteiger partial charge in [-0.15, -0.1) is 0 Å². The minimum atomic E-state index is -0.162. The van der Waals surface area contributed by atoms with Crippen LogP contribution in [0.2, 0.25) is 0 Å². The van der Waals surface area contributed by atoms with E-state index in [9.17, 15) is 4.39 Å². The molecule has 0 saturated heterocycles. The molecule has 2 aromatic carbocycles. The van der Waals surface area contributed by atoms with Crippen LogP contribution in [0.15, 0.2) is 40.9 Å². The summed E-state index contributed by atoms with van der Waals surface area (Å²) in [6.45, 7) is 0.717. The Bertz CT molecular complexity index is 659. The number of likely N-dealkylation sites (N-methyl/N-ethyl adjacent to an activating group) is 1. The van der Waals surface area contributed by atoms with E-state index in [-0.39, 0.29) is 11.9 Å². The van der Waals surface area contributed by atoms with Gasteiger partial charge in [0.05, 0.1) is 6.61 Å². The van der Waals surface area contributed by atoms with Crippen molar-refractivity contribution in [2.75, 3.05) is 13.7 Å². The van der Waals surface area contributed by atoms with Crippen molar-refractivity contribution in [1.29, 1.82) is 0 Å². The molecule has 1 N–H and O–H groups in total. The van der Waals surface area contributed by atoms with Crippen LogP contribution < -0.4 is 10.1 Å². The third kappa shape index (κ3) is 2.97. The van der Waals surface area contributed by atoms with Crippen molar-refractivity contribution in [1.82, 2.24) is 5.32 Å². The Morgan fingerprint density at radius 2 is 2.14 bits per heavy atom. The predicted octanol–water partition coefficient (Wildman–Crippen LogP) is 4.03. The molecule has 2 nitrogen and oxygen atoms in total. The molecule has 0 saturated carbocycles. The Kier molecular flexibility index (Phi) is 4.27. The molecule has 21 heavy (non-hydrogen) atoms. The summed E-state index contributed by atoms with van der Waals surface area (Å²) in [7, 11) is 1.90. The van der Waals surface area contributed by atoms with Crippen LogP contribution in [0.4, 0.5) is 4.39 Å². The second-order valence-electron chi connectivity index (χ2n) is 5.22. The van der Waals surface area contributed by atoms with E-state index in [1.165, 1.54) is 11.6 Å². The van der Waals surface area contributed by atoms with Crippen LogP contribution in [0, 0.1) is 5.82 Å². The summed E-state index contributed by atoms with van der Waals surface area (Å²) < 4.78 is 20.7. The molecule has 0 spiro atoms. The maximum atomic E-state index is 13.9. The molecule has 2 aromatic rings. The third-order valence-corrected chi connectivity index (χ3v) is 4.34. The van der Waals surface area contributed by atoms with Crippen molar-refractivity contribution in [2.45, 2.75) is 18.9 Å². The van der Waals surface area contributed by atoms with Crippen LogP contribution in [0.1, 0.15) is 22.7 Å². The minimum Gasteiger partial charge on any atom is -0.493 e. The molecule has 1 heterocycles. The van der Waals surface area contributed by atoms with Gasteiger partial charge in [0.2, 0.25) is 0 Å². The summed E-state index contributed by atoms with van der Waals surface area (Å²) >= 11 is 3.56. The first-order chi connectivity index (χ1) is 10.2. The van der Waals surface area contributed by atoms with Crippen LogP contribution in [0.5, 0.6) is 5.75 Å². The van der Waals surface area contributed by atoms with E-state index >= 15 is 0 Å². The fraction of sp³-hybridized carbons (Fsp3) is 0.294. The van der Waals surface area contributed by atoms with Gasteiger partial charge in [-0.05, 0) is 42.8 Å². The molecular weight excluding hydrogens is 333 g/mol. The van der Waals surface area contributed by atoms with Gasteiger partial charge in [-0.1, -0.05) is 34.1 Å². The van der Waals surface area contributed by atoms with Gasteiger partial charge in [0.15, 0.2) is 0 Å². The molecule has 1 aliphatic heterocycles. The molecule has 110 valence electrons. The number of halogens is 2. The highest BCUT2D eigenvalue weighted by Gasteiger charge is 2.23. The zero-order valence-corrected chi connectivity index (χ0v) is 13.4. The SMILES string of the molecule is CNC(Cc1ccccc1F)c1cc(Br)cc2c1OCC2. The fourth-order valence-corrected chi connectivity index (χ4v) is 3.33. The van der Waals surface area contributed by atoms with Gasteiger partial charge in [0.25, 0.3) is 0 Å². The molecule has 0 bridgehead atoms. The van der Waals surface area contributed by atoms with E-state index in [0.29, 0.717) is 12.0 Å². The van der Waals surface area contributed by atoms with Crippen molar-refractivity contribution in [3.8, 4) is 5.75 Å². The third-order valence-electron chi connectivity index (χ3n) is 3.88. The van der Waals surface area contributed by atoms with Crippen molar-refractivity contribution in [3.63, 3.8) is 0 Å². The molecular formula is C17H17BrFNO. The molecule has 0 aliphatic carbocycles. The molecule has 0 radical (unpaired) electrons. The lowest BCUT2D eigenvalue weighted by molar-refractivity contribution is 0.349. The van der Waals surface area contributed by atoms with Crippen molar-refractivity contribution in [2.24, 2.45) is 0 Å². The minimum absolute atomic E-state index is 0.0197.